The number of anilines is 3. The van der Waals surface area contributed by atoms with Crippen LogP contribution in [0.4, 0.5) is 17.1 Å². The van der Waals surface area contributed by atoms with E-state index in [0.29, 0.717) is 0 Å². The zero-order chi connectivity index (χ0) is 40.3. The SMILES string of the molecule is CC1(C)c2ccccc2-c2ccc(N(c3ccc4cccc(-c5ccc(-n6c7ccccc7c7ccccc76)cc5)c4c3)c3cccc4c3-c3ccccc3C4(C)C)cc21. The predicted molar refractivity (Wildman–Crippen MR) is 254 cm³/mol. The van der Waals surface area contributed by atoms with Crippen molar-refractivity contribution in [2.45, 2.75) is 38.5 Å². The first-order valence-electron chi connectivity index (χ1n) is 21.2. The van der Waals surface area contributed by atoms with Crippen LogP contribution in [-0.4, -0.2) is 4.57 Å². The van der Waals surface area contributed by atoms with E-state index in [1.807, 2.05) is 0 Å². The van der Waals surface area contributed by atoms with Crippen LogP contribution >= 0.6 is 0 Å². The number of rotatable bonds is 5. The van der Waals surface area contributed by atoms with Crippen molar-refractivity contribution >= 4 is 49.6 Å². The first-order chi connectivity index (χ1) is 29.3. The van der Waals surface area contributed by atoms with E-state index in [9.17, 15) is 0 Å². The Hall–Kier alpha value is -7.16. The van der Waals surface area contributed by atoms with Crippen LogP contribution in [0.1, 0.15) is 49.9 Å². The van der Waals surface area contributed by atoms with Crippen molar-refractivity contribution in [3.63, 3.8) is 0 Å². The van der Waals surface area contributed by atoms with Gasteiger partial charge in [0.1, 0.15) is 0 Å². The molecule has 10 aromatic rings. The average Bonchev–Trinajstić information content (AvgIpc) is 3.84. The van der Waals surface area contributed by atoms with Crippen LogP contribution in [0.5, 0.6) is 0 Å². The second-order valence-electron chi connectivity index (χ2n) is 17.7. The smallest absolute Gasteiger partial charge is 0.0543 e. The molecule has 2 aliphatic carbocycles. The Kier molecular flexibility index (Phi) is 7.36. The van der Waals surface area contributed by atoms with Crippen molar-refractivity contribution in [3.05, 3.63) is 216 Å². The minimum Gasteiger partial charge on any atom is -0.310 e. The summed E-state index contributed by atoms with van der Waals surface area (Å²) < 4.78 is 2.39. The molecule has 0 fully saturated rings. The van der Waals surface area contributed by atoms with E-state index in [1.165, 1.54) is 93.9 Å². The molecule has 0 atom stereocenters. The minimum absolute atomic E-state index is 0.114. The van der Waals surface area contributed by atoms with Gasteiger partial charge in [-0.15, -0.1) is 0 Å². The Morgan fingerprint density at radius 1 is 0.383 bits per heavy atom. The van der Waals surface area contributed by atoms with Crippen LogP contribution in [-0.2, 0) is 10.8 Å². The van der Waals surface area contributed by atoms with E-state index < -0.39 is 0 Å². The summed E-state index contributed by atoms with van der Waals surface area (Å²) in [6.07, 6.45) is 0. The Labute approximate surface area is 351 Å². The lowest BCUT2D eigenvalue weighted by Gasteiger charge is -2.30. The predicted octanol–water partition coefficient (Wildman–Crippen LogP) is 15.7. The monoisotopic (exact) mass is 768 g/mol. The van der Waals surface area contributed by atoms with Crippen molar-refractivity contribution in [2.75, 3.05) is 4.90 Å². The molecule has 2 nitrogen and oxygen atoms in total. The lowest BCUT2D eigenvalue weighted by molar-refractivity contribution is 0.660. The summed E-state index contributed by atoms with van der Waals surface area (Å²) in [6.45, 7) is 9.49. The van der Waals surface area contributed by atoms with Gasteiger partial charge in [0.25, 0.3) is 0 Å². The molecule has 1 heterocycles. The van der Waals surface area contributed by atoms with Crippen molar-refractivity contribution in [2.24, 2.45) is 0 Å². The zero-order valence-corrected chi connectivity index (χ0v) is 34.4. The highest BCUT2D eigenvalue weighted by Gasteiger charge is 2.39. The third-order valence-corrected chi connectivity index (χ3v) is 13.8. The molecule has 0 saturated carbocycles. The molecule has 60 heavy (non-hydrogen) atoms. The summed E-state index contributed by atoms with van der Waals surface area (Å²) in [6, 6.07) is 72.3. The van der Waals surface area contributed by atoms with Gasteiger partial charge in [-0.25, -0.2) is 0 Å². The van der Waals surface area contributed by atoms with Gasteiger partial charge in [0, 0.05) is 44.2 Å². The van der Waals surface area contributed by atoms with Crippen LogP contribution in [0.15, 0.2) is 194 Å². The fraction of sp³-hybridized carbons (Fsp3) is 0.103. The summed E-state index contributed by atoms with van der Waals surface area (Å²) in [5.74, 6) is 0. The Morgan fingerprint density at radius 2 is 0.933 bits per heavy atom. The van der Waals surface area contributed by atoms with Crippen molar-refractivity contribution in [1.29, 1.82) is 0 Å². The van der Waals surface area contributed by atoms with E-state index in [0.717, 1.165) is 17.1 Å². The van der Waals surface area contributed by atoms with Gasteiger partial charge < -0.3 is 9.47 Å². The van der Waals surface area contributed by atoms with Crippen LogP contribution in [0.25, 0.3) is 71.6 Å². The second kappa shape index (κ2) is 12.7. The first kappa shape index (κ1) is 34.8. The maximum atomic E-state index is 2.53. The van der Waals surface area contributed by atoms with Crippen LogP contribution < -0.4 is 4.90 Å². The molecule has 0 N–H and O–H groups in total. The second-order valence-corrected chi connectivity index (χ2v) is 17.7. The number of para-hydroxylation sites is 2. The number of nitrogens with zero attached hydrogens (tertiary/aromatic N) is 2. The molecule has 1 aromatic heterocycles. The fourth-order valence-corrected chi connectivity index (χ4v) is 10.8. The highest BCUT2D eigenvalue weighted by atomic mass is 15.1. The molecule has 0 amide bonds. The molecule has 0 spiro atoms. The molecule has 0 unspecified atom stereocenters. The number of fused-ring (bicyclic) bond motifs is 10. The van der Waals surface area contributed by atoms with Gasteiger partial charge in [-0.3, -0.25) is 0 Å². The lowest BCUT2D eigenvalue weighted by Crippen LogP contribution is -2.17. The van der Waals surface area contributed by atoms with Crippen LogP contribution in [0.2, 0.25) is 0 Å². The highest BCUT2D eigenvalue weighted by molar-refractivity contribution is 6.09. The normalized spacial score (nSPS) is 14.3. The van der Waals surface area contributed by atoms with Gasteiger partial charge in [-0.1, -0.05) is 167 Å². The zero-order valence-electron chi connectivity index (χ0n) is 34.4. The summed E-state index contributed by atoms with van der Waals surface area (Å²) >= 11 is 0. The number of aromatic nitrogens is 1. The van der Waals surface area contributed by atoms with E-state index in [2.05, 4.69) is 231 Å². The van der Waals surface area contributed by atoms with Gasteiger partial charge in [-0.05, 0) is 115 Å². The van der Waals surface area contributed by atoms with Crippen molar-refractivity contribution in [3.8, 4) is 39.1 Å². The van der Waals surface area contributed by atoms with E-state index >= 15 is 0 Å². The topological polar surface area (TPSA) is 8.17 Å². The molecule has 12 rings (SSSR count). The molecular formula is C58H44N2. The molecule has 286 valence electrons. The lowest BCUT2D eigenvalue weighted by atomic mass is 9.82. The van der Waals surface area contributed by atoms with Crippen LogP contribution in [0, 0.1) is 0 Å². The maximum Gasteiger partial charge on any atom is 0.0543 e. The average molecular weight is 769 g/mol. The highest BCUT2D eigenvalue weighted by Crippen LogP contribution is 2.56. The van der Waals surface area contributed by atoms with E-state index in [4.69, 9.17) is 0 Å². The van der Waals surface area contributed by atoms with E-state index in [-0.39, 0.29) is 10.8 Å². The quantitative estimate of drug-likeness (QED) is 0.169. The Balaban J connectivity index is 1.04. The molecule has 2 aliphatic rings. The first-order valence-corrected chi connectivity index (χ1v) is 21.2. The molecule has 2 heteroatoms. The molecular weight excluding hydrogens is 725 g/mol. The summed E-state index contributed by atoms with van der Waals surface area (Å²) in [4.78, 5) is 2.53. The van der Waals surface area contributed by atoms with Gasteiger partial charge in [-0.2, -0.15) is 0 Å². The summed E-state index contributed by atoms with van der Waals surface area (Å²) in [5, 5.41) is 5.00. The fourth-order valence-electron chi connectivity index (χ4n) is 10.8. The third kappa shape index (κ3) is 4.88. The largest absolute Gasteiger partial charge is 0.310 e. The molecule has 0 bridgehead atoms. The Morgan fingerprint density at radius 3 is 1.68 bits per heavy atom. The summed E-state index contributed by atoms with van der Waals surface area (Å²) in [5.41, 5.74) is 20.1. The van der Waals surface area contributed by atoms with Crippen LogP contribution in [0.3, 0.4) is 0 Å². The van der Waals surface area contributed by atoms with Crippen molar-refractivity contribution in [1.82, 2.24) is 4.57 Å². The van der Waals surface area contributed by atoms with Gasteiger partial charge >= 0.3 is 0 Å². The van der Waals surface area contributed by atoms with Crippen molar-refractivity contribution < 1.29 is 0 Å². The minimum atomic E-state index is -0.122. The molecule has 0 aliphatic heterocycles. The number of hydrogen-bond acceptors (Lipinski definition) is 1. The van der Waals surface area contributed by atoms with Gasteiger partial charge in [0.05, 0.1) is 16.7 Å². The van der Waals surface area contributed by atoms with Gasteiger partial charge in [0.2, 0.25) is 0 Å². The Bertz CT molecular complexity index is 3320. The van der Waals surface area contributed by atoms with Gasteiger partial charge in [0.15, 0.2) is 0 Å². The van der Waals surface area contributed by atoms with E-state index in [1.54, 1.807) is 0 Å². The maximum absolute atomic E-state index is 2.53. The molecule has 0 radical (unpaired) electrons. The summed E-state index contributed by atoms with van der Waals surface area (Å²) in [7, 11) is 0. The molecule has 0 saturated heterocycles. The number of benzene rings is 9. The standard InChI is InChI=1S/C58H44N2/c1-57(2)50-22-10-6-19-47(50)56-51(57)23-14-26-55(56)59(41-33-34-44-43-16-5-9-21-49(43)58(3,4)52(44)36-41)40-32-29-37-15-13-20-42(48(37)35-40)38-27-30-39(31-28-38)60-53-24-11-7-17-45(53)46-18-8-12-25-54(46)60/h5-36H,1-4H3. The third-order valence-electron chi connectivity index (χ3n) is 13.8. The molecule has 9 aromatic carbocycles. The number of hydrogen-bond donors (Lipinski definition) is 0.